The quantitative estimate of drug-likeness (QED) is 0.620. The van der Waals surface area contributed by atoms with Gasteiger partial charge in [0.25, 0.3) is 0 Å². The molecule has 0 fully saturated rings. The lowest BCUT2D eigenvalue weighted by Crippen LogP contribution is -2.41. The highest BCUT2D eigenvalue weighted by molar-refractivity contribution is 5.96. The number of carbonyl (C=O) groups excluding carboxylic acids is 2. The van der Waals surface area contributed by atoms with Gasteiger partial charge in [-0.25, -0.2) is 4.39 Å². The molecule has 5 nitrogen and oxygen atoms in total. The van der Waals surface area contributed by atoms with E-state index in [0.29, 0.717) is 19.4 Å². The van der Waals surface area contributed by atoms with Crippen molar-refractivity contribution in [1.82, 2.24) is 15.2 Å². The number of carbonyl (C=O) groups is 2. The maximum Gasteiger partial charge on any atom is 0.220 e. The summed E-state index contributed by atoms with van der Waals surface area (Å²) >= 11 is 0. The SMILES string of the molecule is CCC(=O)c1ccc(C[C@@H](CNC(=O)C[C@H](C)c2ccccn2)N(C)C)cc1F. The molecular weight excluding hydrogens is 369 g/mol. The Morgan fingerprint density at radius 3 is 2.55 bits per heavy atom. The predicted molar refractivity (Wildman–Crippen MR) is 112 cm³/mol. The smallest absolute Gasteiger partial charge is 0.220 e. The normalized spacial score (nSPS) is 13.2. The monoisotopic (exact) mass is 399 g/mol. The van der Waals surface area contributed by atoms with E-state index >= 15 is 0 Å². The highest BCUT2D eigenvalue weighted by Gasteiger charge is 2.18. The van der Waals surface area contributed by atoms with Crippen molar-refractivity contribution in [3.8, 4) is 0 Å². The van der Waals surface area contributed by atoms with Crippen molar-refractivity contribution in [2.24, 2.45) is 0 Å². The van der Waals surface area contributed by atoms with Crippen molar-refractivity contribution in [3.63, 3.8) is 0 Å². The van der Waals surface area contributed by atoms with Gasteiger partial charge in [-0.1, -0.05) is 26.0 Å². The summed E-state index contributed by atoms with van der Waals surface area (Å²) in [5.74, 6) is -0.690. The number of amides is 1. The third-order valence-corrected chi connectivity index (χ3v) is 5.08. The second-order valence-electron chi connectivity index (χ2n) is 7.58. The molecular formula is C23H30FN3O2. The number of benzene rings is 1. The summed E-state index contributed by atoms with van der Waals surface area (Å²) in [5.41, 5.74) is 1.82. The van der Waals surface area contributed by atoms with Crippen LogP contribution in [0.25, 0.3) is 0 Å². The average molecular weight is 400 g/mol. The topological polar surface area (TPSA) is 62.3 Å². The predicted octanol–water partition coefficient (Wildman–Crippen LogP) is 3.60. The molecule has 29 heavy (non-hydrogen) atoms. The summed E-state index contributed by atoms with van der Waals surface area (Å²) in [6.07, 6.45) is 2.93. The summed E-state index contributed by atoms with van der Waals surface area (Å²) in [7, 11) is 3.86. The van der Waals surface area contributed by atoms with Crippen LogP contribution < -0.4 is 5.32 Å². The molecule has 0 saturated heterocycles. The van der Waals surface area contributed by atoms with Gasteiger partial charge in [0.1, 0.15) is 5.82 Å². The van der Waals surface area contributed by atoms with Gasteiger partial charge in [0.05, 0.1) is 5.56 Å². The summed E-state index contributed by atoms with van der Waals surface area (Å²) in [6, 6.07) is 10.5. The molecule has 0 aliphatic rings. The van der Waals surface area contributed by atoms with Gasteiger partial charge in [-0.3, -0.25) is 14.6 Å². The van der Waals surface area contributed by atoms with Crippen LogP contribution in [0.4, 0.5) is 4.39 Å². The van der Waals surface area contributed by atoms with E-state index in [1.54, 1.807) is 25.3 Å². The van der Waals surface area contributed by atoms with E-state index in [1.807, 2.05) is 44.1 Å². The number of pyridine rings is 1. The zero-order valence-electron chi connectivity index (χ0n) is 17.6. The number of nitrogens with one attached hydrogen (secondary N) is 1. The van der Waals surface area contributed by atoms with Gasteiger partial charge in [0.2, 0.25) is 5.91 Å². The third kappa shape index (κ3) is 6.75. The maximum absolute atomic E-state index is 14.2. The Balaban J connectivity index is 1.94. The fourth-order valence-corrected chi connectivity index (χ4v) is 3.17. The zero-order valence-corrected chi connectivity index (χ0v) is 17.6. The first-order valence-electron chi connectivity index (χ1n) is 9.97. The van der Waals surface area contributed by atoms with Gasteiger partial charge >= 0.3 is 0 Å². The minimum absolute atomic E-state index is 0.0104. The number of aromatic nitrogens is 1. The van der Waals surface area contributed by atoms with Crippen molar-refractivity contribution in [2.75, 3.05) is 20.6 Å². The maximum atomic E-state index is 14.2. The average Bonchev–Trinajstić information content (AvgIpc) is 2.71. The highest BCUT2D eigenvalue weighted by Crippen LogP contribution is 2.17. The van der Waals surface area contributed by atoms with Crippen molar-refractivity contribution in [3.05, 3.63) is 65.2 Å². The fourth-order valence-electron chi connectivity index (χ4n) is 3.17. The lowest BCUT2D eigenvalue weighted by Gasteiger charge is -2.25. The number of Topliss-reactive ketones (excluding diaryl/α,β-unsaturated/α-hetero) is 1. The number of hydrogen-bond donors (Lipinski definition) is 1. The standard InChI is InChI=1S/C23H30FN3O2/c1-5-22(28)19-10-9-17(14-20(19)24)13-18(27(3)4)15-26-23(29)12-16(2)21-8-6-7-11-25-21/h6-11,14,16,18H,5,12-13,15H2,1-4H3,(H,26,29)/t16-,18-/m0/s1. The van der Waals surface area contributed by atoms with Crippen LogP contribution in [0.15, 0.2) is 42.6 Å². The van der Waals surface area contributed by atoms with Crippen LogP contribution in [-0.2, 0) is 11.2 Å². The first-order chi connectivity index (χ1) is 13.8. The zero-order chi connectivity index (χ0) is 21.4. The molecule has 0 aliphatic heterocycles. The number of ketones is 1. The van der Waals surface area contributed by atoms with E-state index in [2.05, 4.69) is 10.3 Å². The molecule has 0 bridgehead atoms. The summed E-state index contributed by atoms with van der Waals surface area (Å²) in [4.78, 5) is 30.4. The molecule has 2 rings (SSSR count). The largest absolute Gasteiger partial charge is 0.355 e. The van der Waals surface area contributed by atoms with Gasteiger partial charge in [-0.2, -0.15) is 0 Å². The molecule has 1 N–H and O–H groups in total. The molecule has 0 radical (unpaired) electrons. The lowest BCUT2D eigenvalue weighted by atomic mass is 10.00. The van der Waals surface area contributed by atoms with E-state index < -0.39 is 5.82 Å². The molecule has 0 aliphatic carbocycles. The van der Waals surface area contributed by atoms with E-state index in [9.17, 15) is 14.0 Å². The fraction of sp³-hybridized carbons (Fsp3) is 0.435. The van der Waals surface area contributed by atoms with E-state index in [0.717, 1.165) is 11.3 Å². The number of likely N-dealkylation sites (N-methyl/N-ethyl adjacent to an activating group) is 1. The van der Waals surface area contributed by atoms with Crippen molar-refractivity contribution < 1.29 is 14.0 Å². The van der Waals surface area contributed by atoms with Crippen molar-refractivity contribution in [1.29, 1.82) is 0 Å². The van der Waals surface area contributed by atoms with Crippen LogP contribution in [0, 0.1) is 5.82 Å². The van der Waals surface area contributed by atoms with E-state index in [1.165, 1.54) is 6.07 Å². The van der Waals surface area contributed by atoms with Gasteiger partial charge in [-0.05, 0) is 50.3 Å². The lowest BCUT2D eigenvalue weighted by molar-refractivity contribution is -0.121. The summed E-state index contributed by atoms with van der Waals surface area (Å²) < 4.78 is 14.2. The Morgan fingerprint density at radius 2 is 1.97 bits per heavy atom. The molecule has 2 atom stereocenters. The number of hydrogen-bond acceptors (Lipinski definition) is 4. The van der Waals surface area contributed by atoms with Crippen LogP contribution in [0.3, 0.4) is 0 Å². The Labute approximate surface area is 172 Å². The Morgan fingerprint density at radius 1 is 1.21 bits per heavy atom. The molecule has 1 aromatic carbocycles. The second kappa shape index (κ2) is 10.8. The van der Waals surface area contributed by atoms with Gasteiger partial charge < -0.3 is 10.2 Å². The van der Waals surface area contributed by atoms with Gasteiger partial charge in [0.15, 0.2) is 5.78 Å². The second-order valence-corrected chi connectivity index (χ2v) is 7.58. The Bertz CT molecular complexity index is 824. The minimum atomic E-state index is -0.486. The van der Waals surface area contributed by atoms with Crippen LogP contribution >= 0.6 is 0 Å². The molecule has 0 unspecified atom stereocenters. The molecule has 0 spiro atoms. The van der Waals surface area contributed by atoms with Crippen molar-refractivity contribution in [2.45, 2.75) is 45.1 Å². The number of halogens is 1. The number of nitrogens with zero attached hydrogens (tertiary/aromatic N) is 2. The molecule has 156 valence electrons. The molecule has 1 heterocycles. The van der Waals surface area contributed by atoms with E-state index in [4.69, 9.17) is 0 Å². The Hall–Kier alpha value is -2.60. The first-order valence-corrected chi connectivity index (χ1v) is 9.97. The van der Waals surface area contributed by atoms with Crippen LogP contribution in [0.5, 0.6) is 0 Å². The molecule has 0 saturated carbocycles. The molecule has 2 aromatic rings. The summed E-state index contributed by atoms with van der Waals surface area (Å²) in [5, 5.41) is 2.98. The minimum Gasteiger partial charge on any atom is -0.355 e. The highest BCUT2D eigenvalue weighted by atomic mass is 19.1. The van der Waals surface area contributed by atoms with Gasteiger partial charge in [0, 0.05) is 43.2 Å². The molecule has 1 amide bonds. The first kappa shape index (κ1) is 22.7. The third-order valence-electron chi connectivity index (χ3n) is 5.08. The van der Waals surface area contributed by atoms with E-state index in [-0.39, 0.29) is 35.6 Å². The molecule has 1 aromatic heterocycles. The summed E-state index contributed by atoms with van der Waals surface area (Å²) in [6.45, 7) is 4.15. The molecule has 6 heteroatoms. The van der Waals surface area contributed by atoms with Crippen molar-refractivity contribution >= 4 is 11.7 Å². The number of rotatable bonds is 10. The van der Waals surface area contributed by atoms with Crippen LogP contribution in [0.1, 0.15) is 54.2 Å². The Kier molecular flexibility index (Phi) is 8.46. The van der Waals surface area contributed by atoms with Crippen LogP contribution in [0.2, 0.25) is 0 Å². The van der Waals surface area contributed by atoms with Gasteiger partial charge in [-0.15, -0.1) is 0 Å². The van der Waals surface area contributed by atoms with Crippen LogP contribution in [-0.4, -0.2) is 48.3 Å².